The number of halogens is 1. The normalized spacial score (nSPS) is 11.9. The second-order valence-electron chi connectivity index (χ2n) is 4.24. The topological polar surface area (TPSA) is 59.0 Å². The Morgan fingerprint density at radius 1 is 1.50 bits per heavy atom. The van der Waals surface area contributed by atoms with Gasteiger partial charge in [0, 0.05) is 16.9 Å². The lowest BCUT2D eigenvalue weighted by Crippen LogP contribution is -2.21. The Morgan fingerprint density at radius 2 is 2.28 bits per heavy atom. The molecule has 1 aromatic carbocycles. The van der Waals surface area contributed by atoms with Crippen molar-refractivity contribution in [2.24, 2.45) is 5.73 Å². The van der Waals surface area contributed by atoms with Crippen LogP contribution in [0.5, 0.6) is 5.75 Å². The standard InChI is InChI=1S/C14H19BrN2O/c1-2-12(17)9-11-10-13(5-6-14(11)15)18-8-4-3-7-16/h5-6,10,12H,2-4,8-9,17H2,1H3. The first-order chi connectivity index (χ1) is 8.67. The van der Waals surface area contributed by atoms with E-state index in [0.29, 0.717) is 13.0 Å². The van der Waals surface area contributed by atoms with Crippen molar-refractivity contribution in [1.82, 2.24) is 0 Å². The van der Waals surface area contributed by atoms with Gasteiger partial charge in [-0.05, 0) is 43.0 Å². The van der Waals surface area contributed by atoms with Gasteiger partial charge in [-0.15, -0.1) is 0 Å². The van der Waals surface area contributed by atoms with Gasteiger partial charge in [0.2, 0.25) is 0 Å². The maximum absolute atomic E-state index is 8.44. The van der Waals surface area contributed by atoms with E-state index in [9.17, 15) is 0 Å². The molecule has 0 aliphatic rings. The predicted octanol–water partition coefficient (Wildman–Crippen LogP) is 3.41. The second kappa shape index (κ2) is 8.12. The molecule has 3 nitrogen and oxygen atoms in total. The van der Waals surface area contributed by atoms with Crippen molar-refractivity contribution in [3.05, 3.63) is 28.2 Å². The maximum atomic E-state index is 8.44. The number of nitriles is 1. The van der Waals surface area contributed by atoms with Gasteiger partial charge in [0.15, 0.2) is 0 Å². The molecule has 0 bridgehead atoms. The van der Waals surface area contributed by atoms with Crippen LogP contribution in [0, 0.1) is 11.3 Å². The summed E-state index contributed by atoms with van der Waals surface area (Å²) in [5.74, 6) is 0.842. The van der Waals surface area contributed by atoms with Crippen LogP contribution in [0.1, 0.15) is 31.7 Å². The van der Waals surface area contributed by atoms with Crippen molar-refractivity contribution < 1.29 is 4.74 Å². The summed E-state index contributed by atoms with van der Waals surface area (Å²) in [5.41, 5.74) is 7.13. The molecule has 0 aliphatic carbocycles. The molecule has 98 valence electrons. The molecule has 1 aromatic rings. The predicted molar refractivity (Wildman–Crippen MR) is 76.5 cm³/mol. The highest BCUT2D eigenvalue weighted by Crippen LogP contribution is 2.24. The number of nitrogens with two attached hydrogens (primary N) is 1. The van der Waals surface area contributed by atoms with E-state index in [0.717, 1.165) is 29.5 Å². The quantitative estimate of drug-likeness (QED) is 0.785. The number of hydrogen-bond acceptors (Lipinski definition) is 3. The van der Waals surface area contributed by atoms with E-state index in [1.54, 1.807) is 0 Å². The van der Waals surface area contributed by atoms with Crippen molar-refractivity contribution in [3.8, 4) is 11.8 Å². The van der Waals surface area contributed by atoms with Crippen molar-refractivity contribution in [2.75, 3.05) is 6.61 Å². The van der Waals surface area contributed by atoms with Crippen LogP contribution in [0.25, 0.3) is 0 Å². The fourth-order valence-electron chi connectivity index (χ4n) is 1.57. The van der Waals surface area contributed by atoms with Crippen LogP contribution in [0.15, 0.2) is 22.7 Å². The van der Waals surface area contributed by atoms with Crippen LogP contribution in [0.2, 0.25) is 0 Å². The Labute approximate surface area is 117 Å². The Morgan fingerprint density at radius 3 is 2.94 bits per heavy atom. The van der Waals surface area contributed by atoms with Crippen LogP contribution < -0.4 is 10.5 Å². The van der Waals surface area contributed by atoms with Crippen molar-refractivity contribution in [1.29, 1.82) is 5.26 Å². The third-order valence-corrected chi connectivity index (χ3v) is 3.50. The van der Waals surface area contributed by atoms with Crippen LogP contribution >= 0.6 is 15.9 Å². The van der Waals surface area contributed by atoms with Crippen molar-refractivity contribution in [2.45, 2.75) is 38.6 Å². The number of hydrogen-bond donors (Lipinski definition) is 1. The molecule has 0 spiro atoms. The molecule has 1 unspecified atom stereocenters. The number of benzene rings is 1. The molecule has 0 radical (unpaired) electrons. The largest absolute Gasteiger partial charge is 0.494 e. The lowest BCUT2D eigenvalue weighted by atomic mass is 10.0. The minimum Gasteiger partial charge on any atom is -0.494 e. The van der Waals surface area contributed by atoms with Crippen LogP contribution in [0.3, 0.4) is 0 Å². The van der Waals surface area contributed by atoms with E-state index >= 15 is 0 Å². The zero-order valence-corrected chi connectivity index (χ0v) is 12.2. The molecule has 1 rings (SSSR count). The summed E-state index contributed by atoms with van der Waals surface area (Å²) in [6.45, 7) is 2.66. The zero-order valence-electron chi connectivity index (χ0n) is 10.7. The van der Waals surface area contributed by atoms with Crippen LogP contribution in [-0.2, 0) is 6.42 Å². The molecule has 4 heteroatoms. The first-order valence-corrected chi connectivity index (χ1v) is 7.00. The third-order valence-electron chi connectivity index (χ3n) is 2.73. The summed E-state index contributed by atoms with van der Waals surface area (Å²) >= 11 is 3.53. The Bertz CT molecular complexity index is 415. The van der Waals surface area contributed by atoms with Gasteiger partial charge in [-0.25, -0.2) is 0 Å². The fraction of sp³-hybridized carbons (Fsp3) is 0.500. The summed E-state index contributed by atoms with van der Waals surface area (Å²) < 4.78 is 6.67. The number of unbranched alkanes of at least 4 members (excludes halogenated alkanes) is 1. The van der Waals surface area contributed by atoms with Gasteiger partial charge >= 0.3 is 0 Å². The van der Waals surface area contributed by atoms with Gasteiger partial charge in [-0.3, -0.25) is 0 Å². The van der Waals surface area contributed by atoms with Crippen LogP contribution in [0.4, 0.5) is 0 Å². The lowest BCUT2D eigenvalue weighted by Gasteiger charge is -2.12. The highest BCUT2D eigenvalue weighted by molar-refractivity contribution is 9.10. The smallest absolute Gasteiger partial charge is 0.119 e. The minimum absolute atomic E-state index is 0.176. The summed E-state index contributed by atoms with van der Waals surface area (Å²) in [4.78, 5) is 0. The summed E-state index contributed by atoms with van der Waals surface area (Å²) in [6, 6.07) is 8.21. The van der Waals surface area contributed by atoms with E-state index in [1.807, 2.05) is 18.2 Å². The second-order valence-corrected chi connectivity index (χ2v) is 5.09. The van der Waals surface area contributed by atoms with E-state index in [4.69, 9.17) is 15.7 Å². The average molecular weight is 311 g/mol. The molecular weight excluding hydrogens is 292 g/mol. The molecule has 0 aromatic heterocycles. The summed E-state index contributed by atoms with van der Waals surface area (Å²) in [6.07, 6.45) is 3.09. The van der Waals surface area contributed by atoms with Gasteiger partial charge in [0.1, 0.15) is 5.75 Å². The van der Waals surface area contributed by atoms with Crippen LogP contribution in [-0.4, -0.2) is 12.6 Å². The fourth-order valence-corrected chi connectivity index (χ4v) is 1.97. The molecule has 0 fully saturated rings. The molecule has 0 aliphatic heterocycles. The van der Waals surface area contributed by atoms with Gasteiger partial charge < -0.3 is 10.5 Å². The molecule has 1 atom stereocenters. The molecule has 18 heavy (non-hydrogen) atoms. The Balaban J connectivity index is 2.60. The monoisotopic (exact) mass is 310 g/mol. The summed E-state index contributed by atoms with van der Waals surface area (Å²) in [7, 11) is 0. The molecule has 0 amide bonds. The van der Waals surface area contributed by atoms with Gasteiger partial charge in [-0.2, -0.15) is 5.26 Å². The molecular formula is C14H19BrN2O. The van der Waals surface area contributed by atoms with Crippen molar-refractivity contribution in [3.63, 3.8) is 0 Å². The van der Waals surface area contributed by atoms with Crippen molar-refractivity contribution >= 4 is 15.9 Å². The summed E-state index contributed by atoms with van der Waals surface area (Å²) in [5, 5.41) is 8.44. The number of nitrogens with zero attached hydrogens (tertiary/aromatic N) is 1. The molecule has 0 saturated carbocycles. The SMILES string of the molecule is CCC(N)Cc1cc(OCCCC#N)ccc1Br. The van der Waals surface area contributed by atoms with Gasteiger partial charge in [0.25, 0.3) is 0 Å². The van der Waals surface area contributed by atoms with E-state index in [-0.39, 0.29) is 6.04 Å². The molecule has 0 saturated heterocycles. The average Bonchev–Trinajstić information content (AvgIpc) is 2.38. The van der Waals surface area contributed by atoms with Gasteiger partial charge in [-0.1, -0.05) is 22.9 Å². The highest BCUT2D eigenvalue weighted by Gasteiger charge is 2.07. The third kappa shape index (κ3) is 5.07. The van der Waals surface area contributed by atoms with E-state index in [2.05, 4.69) is 28.9 Å². The van der Waals surface area contributed by atoms with E-state index in [1.165, 1.54) is 5.56 Å². The number of rotatable bonds is 7. The highest BCUT2D eigenvalue weighted by atomic mass is 79.9. The molecule has 0 heterocycles. The minimum atomic E-state index is 0.176. The zero-order chi connectivity index (χ0) is 13.4. The van der Waals surface area contributed by atoms with E-state index < -0.39 is 0 Å². The first-order valence-electron chi connectivity index (χ1n) is 6.21. The Hall–Kier alpha value is -1.05. The maximum Gasteiger partial charge on any atom is 0.119 e. The lowest BCUT2D eigenvalue weighted by molar-refractivity contribution is 0.312. The Kier molecular flexibility index (Phi) is 6.77. The first kappa shape index (κ1) is 15.0. The number of ether oxygens (including phenoxy) is 1. The van der Waals surface area contributed by atoms with Gasteiger partial charge in [0.05, 0.1) is 12.7 Å². The molecule has 2 N–H and O–H groups in total.